The van der Waals surface area contributed by atoms with E-state index in [1.165, 1.54) is 0 Å². The van der Waals surface area contributed by atoms with Crippen LogP contribution in [0.4, 0.5) is 5.82 Å². The summed E-state index contributed by atoms with van der Waals surface area (Å²) in [6.07, 6.45) is 3.82. The van der Waals surface area contributed by atoms with Crippen LogP contribution in [0.3, 0.4) is 0 Å². The first-order chi connectivity index (χ1) is 8.67. The van der Waals surface area contributed by atoms with E-state index in [0.29, 0.717) is 5.56 Å². The molecule has 0 unspecified atom stereocenters. The van der Waals surface area contributed by atoms with Crippen molar-refractivity contribution in [2.24, 2.45) is 0 Å². The standard InChI is InChI=1S/C13H15N5/c1-10-8-16-18(9-10)4-3-15-13-6-12(7-14)5-11(2)17-13/h5-6,8-9H,3-4H2,1-2H3,(H,15,17). The number of nitrogens with zero attached hydrogens (tertiary/aromatic N) is 4. The summed E-state index contributed by atoms with van der Waals surface area (Å²) < 4.78 is 1.88. The summed E-state index contributed by atoms with van der Waals surface area (Å²) in [6, 6.07) is 5.64. The molecule has 0 aliphatic heterocycles. The van der Waals surface area contributed by atoms with Gasteiger partial charge in [-0.3, -0.25) is 4.68 Å². The van der Waals surface area contributed by atoms with Gasteiger partial charge in [0.05, 0.1) is 24.4 Å². The monoisotopic (exact) mass is 241 g/mol. The van der Waals surface area contributed by atoms with Gasteiger partial charge >= 0.3 is 0 Å². The van der Waals surface area contributed by atoms with Crippen LogP contribution >= 0.6 is 0 Å². The van der Waals surface area contributed by atoms with E-state index in [1.807, 2.05) is 30.9 Å². The van der Waals surface area contributed by atoms with Crippen LogP contribution in [0, 0.1) is 25.2 Å². The molecule has 2 aromatic heterocycles. The van der Waals surface area contributed by atoms with Gasteiger partial charge in [0, 0.05) is 18.4 Å². The van der Waals surface area contributed by atoms with Gasteiger partial charge in [-0.05, 0) is 31.5 Å². The first-order valence-corrected chi connectivity index (χ1v) is 5.79. The third-order valence-electron chi connectivity index (χ3n) is 2.49. The fourth-order valence-corrected chi connectivity index (χ4v) is 1.71. The Morgan fingerprint density at radius 2 is 2.22 bits per heavy atom. The van der Waals surface area contributed by atoms with Crippen molar-refractivity contribution in [2.45, 2.75) is 20.4 Å². The average Bonchev–Trinajstić information content (AvgIpc) is 2.74. The fraction of sp³-hybridized carbons (Fsp3) is 0.308. The first-order valence-electron chi connectivity index (χ1n) is 5.79. The van der Waals surface area contributed by atoms with E-state index >= 15 is 0 Å². The van der Waals surface area contributed by atoms with E-state index in [4.69, 9.17) is 5.26 Å². The van der Waals surface area contributed by atoms with Gasteiger partial charge < -0.3 is 5.32 Å². The van der Waals surface area contributed by atoms with Crippen molar-refractivity contribution in [3.05, 3.63) is 41.3 Å². The van der Waals surface area contributed by atoms with E-state index in [1.54, 1.807) is 12.1 Å². The Labute approximate surface area is 106 Å². The highest BCUT2D eigenvalue weighted by Gasteiger charge is 1.99. The largest absolute Gasteiger partial charge is 0.368 e. The van der Waals surface area contributed by atoms with E-state index in [-0.39, 0.29) is 0 Å². The molecule has 0 fully saturated rings. The molecule has 2 aromatic rings. The van der Waals surface area contributed by atoms with Crippen LogP contribution in [0.25, 0.3) is 0 Å². The molecule has 2 heterocycles. The molecule has 92 valence electrons. The highest BCUT2D eigenvalue weighted by Crippen LogP contribution is 2.08. The molecule has 0 aromatic carbocycles. The van der Waals surface area contributed by atoms with Crippen molar-refractivity contribution >= 4 is 5.82 Å². The van der Waals surface area contributed by atoms with Gasteiger partial charge in [-0.25, -0.2) is 4.98 Å². The van der Waals surface area contributed by atoms with Crippen LogP contribution in [0.2, 0.25) is 0 Å². The third-order valence-corrected chi connectivity index (χ3v) is 2.49. The van der Waals surface area contributed by atoms with Crippen LogP contribution in [0.1, 0.15) is 16.8 Å². The molecule has 5 heteroatoms. The molecular weight excluding hydrogens is 226 g/mol. The zero-order chi connectivity index (χ0) is 13.0. The maximum Gasteiger partial charge on any atom is 0.127 e. The van der Waals surface area contributed by atoms with Gasteiger partial charge in [0.1, 0.15) is 5.82 Å². The number of pyridine rings is 1. The minimum atomic E-state index is 0.625. The second-order valence-corrected chi connectivity index (χ2v) is 4.20. The van der Waals surface area contributed by atoms with E-state index in [2.05, 4.69) is 21.5 Å². The van der Waals surface area contributed by atoms with Gasteiger partial charge in [0.2, 0.25) is 0 Å². The van der Waals surface area contributed by atoms with Crippen LogP contribution in [-0.2, 0) is 6.54 Å². The topological polar surface area (TPSA) is 66.5 Å². The molecule has 0 saturated carbocycles. The van der Waals surface area contributed by atoms with Gasteiger partial charge in [0.25, 0.3) is 0 Å². The molecule has 0 atom stereocenters. The Balaban J connectivity index is 1.94. The number of aryl methyl sites for hydroxylation is 2. The fourth-order valence-electron chi connectivity index (χ4n) is 1.71. The maximum atomic E-state index is 8.87. The first kappa shape index (κ1) is 12.1. The number of nitrogens with one attached hydrogen (secondary N) is 1. The number of hydrogen-bond donors (Lipinski definition) is 1. The van der Waals surface area contributed by atoms with Crippen molar-refractivity contribution in [3.63, 3.8) is 0 Å². The van der Waals surface area contributed by atoms with E-state index in [0.717, 1.165) is 30.2 Å². The van der Waals surface area contributed by atoms with Crippen LogP contribution in [-0.4, -0.2) is 21.3 Å². The predicted molar refractivity (Wildman–Crippen MR) is 69.1 cm³/mol. The van der Waals surface area contributed by atoms with Crippen molar-refractivity contribution in [2.75, 3.05) is 11.9 Å². The lowest BCUT2D eigenvalue weighted by Crippen LogP contribution is -2.12. The number of aromatic nitrogens is 3. The Morgan fingerprint density at radius 1 is 1.39 bits per heavy atom. The van der Waals surface area contributed by atoms with Crippen molar-refractivity contribution in [1.29, 1.82) is 5.26 Å². The Bertz CT molecular complexity index is 579. The van der Waals surface area contributed by atoms with Crippen molar-refractivity contribution in [1.82, 2.24) is 14.8 Å². The zero-order valence-electron chi connectivity index (χ0n) is 10.5. The van der Waals surface area contributed by atoms with Crippen LogP contribution < -0.4 is 5.32 Å². The van der Waals surface area contributed by atoms with Gasteiger partial charge in [-0.1, -0.05) is 0 Å². The third kappa shape index (κ3) is 3.08. The lowest BCUT2D eigenvalue weighted by molar-refractivity contribution is 0.636. The molecular formula is C13H15N5. The summed E-state index contributed by atoms with van der Waals surface area (Å²) in [6.45, 7) is 5.38. The molecule has 0 aliphatic carbocycles. The Kier molecular flexibility index (Phi) is 3.58. The smallest absolute Gasteiger partial charge is 0.127 e. The summed E-state index contributed by atoms with van der Waals surface area (Å²) in [5.74, 6) is 0.732. The normalized spacial score (nSPS) is 10.1. The predicted octanol–water partition coefficient (Wildman–Crippen LogP) is 1.88. The Hall–Kier alpha value is -2.35. The summed E-state index contributed by atoms with van der Waals surface area (Å²) in [5.41, 5.74) is 2.61. The summed E-state index contributed by atoms with van der Waals surface area (Å²) in [4.78, 5) is 4.33. The molecule has 2 rings (SSSR count). The molecule has 0 spiro atoms. The maximum absolute atomic E-state index is 8.87. The van der Waals surface area contributed by atoms with Crippen LogP contribution in [0.5, 0.6) is 0 Å². The quantitative estimate of drug-likeness (QED) is 0.887. The molecule has 5 nitrogen and oxygen atoms in total. The lowest BCUT2D eigenvalue weighted by Gasteiger charge is -2.07. The second-order valence-electron chi connectivity index (χ2n) is 4.20. The SMILES string of the molecule is Cc1cnn(CCNc2cc(C#N)cc(C)n2)c1. The molecule has 1 N–H and O–H groups in total. The molecule has 0 radical (unpaired) electrons. The second kappa shape index (κ2) is 5.32. The van der Waals surface area contributed by atoms with E-state index < -0.39 is 0 Å². The summed E-state index contributed by atoms with van der Waals surface area (Å²) in [5, 5.41) is 16.3. The number of anilines is 1. The minimum Gasteiger partial charge on any atom is -0.368 e. The molecule has 0 aliphatic rings. The van der Waals surface area contributed by atoms with Gasteiger partial charge in [-0.15, -0.1) is 0 Å². The van der Waals surface area contributed by atoms with E-state index in [9.17, 15) is 0 Å². The van der Waals surface area contributed by atoms with Crippen LogP contribution in [0.15, 0.2) is 24.5 Å². The summed E-state index contributed by atoms with van der Waals surface area (Å²) in [7, 11) is 0. The van der Waals surface area contributed by atoms with Gasteiger partial charge in [0.15, 0.2) is 0 Å². The molecule has 0 saturated heterocycles. The lowest BCUT2D eigenvalue weighted by atomic mass is 10.2. The zero-order valence-corrected chi connectivity index (χ0v) is 10.5. The molecule has 0 bridgehead atoms. The molecule has 18 heavy (non-hydrogen) atoms. The average molecular weight is 241 g/mol. The van der Waals surface area contributed by atoms with Crippen molar-refractivity contribution < 1.29 is 0 Å². The van der Waals surface area contributed by atoms with Crippen molar-refractivity contribution in [3.8, 4) is 6.07 Å². The minimum absolute atomic E-state index is 0.625. The van der Waals surface area contributed by atoms with Gasteiger partial charge in [-0.2, -0.15) is 10.4 Å². The number of rotatable bonds is 4. The number of hydrogen-bond acceptors (Lipinski definition) is 4. The molecule has 0 amide bonds. The Morgan fingerprint density at radius 3 is 2.89 bits per heavy atom. The highest BCUT2D eigenvalue weighted by atomic mass is 15.3. The summed E-state index contributed by atoms with van der Waals surface area (Å²) >= 11 is 0. The number of nitriles is 1. The highest BCUT2D eigenvalue weighted by molar-refractivity contribution is 5.44.